The molecule has 36 heavy (non-hydrogen) atoms. The van der Waals surface area contributed by atoms with Gasteiger partial charge in [0.25, 0.3) is 5.91 Å². The van der Waals surface area contributed by atoms with Crippen LogP contribution in [0.25, 0.3) is 11.0 Å². The lowest BCUT2D eigenvalue weighted by molar-refractivity contribution is 0.0898. The first-order valence-electron chi connectivity index (χ1n) is 11.9. The number of carbonyl (C=O) groups is 1. The van der Waals surface area contributed by atoms with Gasteiger partial charge in [0.15, 0.2) is 0 Å². The van der Waals surface area contributed by atoms with Crippen LogP contribution in [0.1, 0.15) is 33.4 Å². The van der Waals surface area contributed by atoms with Crippen LogP contribution < -0.4 is 4.90 Å². The average Bonchev–Trinajstić information content (AvgIpc) is 3.43. The first-order chi connectivity index (χ1) is 17.0. The summed E-state index contributed by atoms with van der Waals surface area (Å²) in [5.74, 6) is -0.595. The minimum absolute atomic E-state index is 0.211. The van der Waals surface area contributed by atoms with Crippen LogP contribution in [-0.2, 0) is 18.5 Å². The van der Waals surface area contributed by atoms with E-state index >= 15 is 4.39 Å². The molecule has 0 spiro atoms. The molecule has 188 valence electrons. The third-order valence-electron chi connectivity index (χ3n) is 6.59. The maximum absolute atomic E-state index is 15.3. The molecule has 7 nitrogen and oxygen atoms in total. The number of hydrogen-bond donors (Lipinski definition) is 0. The van der Waals surface area contributed by atoms with E-state index in [1.807, 2.05) is 29.7 Å². The SMILES string of the molecule is Cc1nn(C)c2c1C(c1ccc(Br)cc1F)N(c1ccc3ncn(COCC[Si](C)(C)C)c3c1)C2=O. The fourth-order valence-electron chi connectivity index (χ4n) is 4.74. The van der Waals surface area contributed by atoms with Crippen molar-refractivity contribution in [3.8, 4) is 0 Å². The van der Waals surface area contributed by atoms with Gasteiger partial charge in [-0.1, -0.05) is 41.6 Å². The predicted molar refractivity (Wildman–Crippen MR) is 145 cm³/mol. The van der Waals surface area contributed by atoms with Gasteiger partial charge in [-0.3, -0.25) is 14.4 Å². The van der Waals surface area contributed by atoms with Crippen molar-refractivity contribution in [3.05, 3.63) is 75.5 Å². The van der Waals surface area contributed by atoms with Crippen molar-refractivity contribution >= 4 is 46.6 Å². The molecule has 0 saturated heterocycles. The lowest BCUT2D eigenvalue weighted by Crippen LogP contribution is -2.30. The Kier molecular flexibility index (Phi) is 6.38. The Balaban J connectivity index is 1.55. The molecule has 0 aliphatic carbocycles. The van der Waals surface area contributed by atoms with Gasteiger partial charge < -0.3 is 9.30 Å². The quantitative estimate of drug-likeness (QED) is 0.201. The number of benzene rings is 2. The molecule has 4 aromatic rings. The Morgan fingerprint density at radius 1 is 1.17 bits per heavy atom. The van der Waals surface area contributed by atoms with Gasteiger partial charge in [-0.05, 0) is 43.3 Å². The van der Waals surface area contributed by atoms with Crippen LogP contribution in [0.15, 0.2) is 47.2 Å². The van der Waals surface area contributed by atoms with Crippen LogP contribution in [-0.4, -0.2) is 39.9 Å². The summed E-state index contributed by atoms with van der Waals surface area (Å²) < 4.78 is 25.4. The predicted octanol–water partition coefficient (Wildman–Crippen LogP) is 6.04. The molecule has 3 heterocycles. The van der Waals surface area contributed by atoms with Gasteiger partial charge in [0.2, 0.25) is 0 Å². The highest BCUT2D eigenvalue weighted by Crippen LogP contribution is 2.44. The topological polar surface area (TPSA) is 65.2 Å². The normalized spacial score (nSPS) is 15.8. The van der Waals surface area contributed by atoms with Gasteiger partial charge >= 0.3 is 0 Å². The van der Waals surface area contributed by atoms with Gasteiger partial charge in [0.1, 0.15) is 18.2 Å². The Bertz CT molecular complexity index is 1480. The maximum Gasteiger partial charge on any atom is 0.277 e. The molecule has 0 N–H and O–H groups in total. The van der Waals surface area contributed by atoms with E-state index in [0.717, 1.165) is 22.6 Å². The summed E-state index contributed by atoms with van der Waals surface area (Å²) in [6, 6.07) is 11.1. The van der Waals surface area contributed by atoms with E-state index in [2.05, 4.69) is 45.7 Å². The summed E-state index contributed by atoms with van der Waals surface area (Å²) in [7, 11) is 0.564. The molecule has 1 aliphatic heterocycles. The van der Waals surface area contributed by atoms with Crippen LogP contribution in [0.2, 0.25) is 25.7 Å². The smallest absolute Gasteiger partial charge is 0.277 e. The molecule has 1 atom stereocenters. The summed E-state index contributed by atoms with van der Waals surface area (Å²) in [5, 5.41) is 4.46. The Morgan fingerprint density at radius 2 is 1.94 bits per heavy atom. The van der Waals surface area contributed by atoms with Crippen molar-refractivity contribution in [2.45, 2.75) is 45.4 Å². The Hall–Kier alpha value is -2.82. The molecule has 0 radical (unpaired) electrons. The number of halogens is 2. The van der Waals surface area contributed by atoms with Crippen molar-refractivity contribution in [2.24, 2.45) is 7.05 Å². The number of hydrogen-bond acceptors (Lipinski definition) is 4. The number of aryl methyl sites for hydroxylation is 2. The Labute approximate surface area is 219 Å². The number of carbonyl (C=O) groups excluding carboxylic acids is 1. The van der Waals surface area contributed by atoms with Gasteiger partial charge in [0, 0.05) is 43.0 Å². The largest absolute Gasteiger partial charge is 0.361 e. The number of aromatic nitrogens is 4. The van der Waals surface area contributed by atoms with Crippen molar-refractivity contribution < 1.29 is 13.9 Å². The zero-order valence-corrected chi connectivity index (χ0v) is 23.6. The van der Waals surface area contributed by atoms with Gasteiger partial charge in [-0.25, -0.2) is 9.37 Å². The summed E-state index contributed by atoms with van der Waals surface area (Å²) >= 11 is 3.34. The van der Waals surface area contributed by atoms with Crippen molar-refractivity contribution in [3.63, 3.8) is 0 Å². The molecular formula is C26H29BrFN5O2Si. The number of anilines is 1. The van der Waals surface area contributed by atoms with E-state index in [9.17, 15) is 4.79 Å². The summed E-state index contributed by atoms with van der Waals surface area (Å²) in [5.41, 5.74) is 4.66. The van der Waals surface area contributed by atoms with E-state index in [0.29, 0.717) is 40.4 Å². The Morgan fingerprint density at radius 3 is 2.67 bits per heavy atom. The highest BCUT2D eigenvalue weighted by molar-refractivity contribution is 9.10. The minimum Gasteiger partial charge on any atom is -0.361 e. The summed E-state index contributed by atoms with van der Waals surface area (Å²) in [6.07, 6.45) is 1.75. The third kappa shape index (κ3) is 4.42. The maximum atomic E-state index is 15.3. The zero-order valence-electron chi connectivity index (χ0n) is 21.0. The standard InChI is InChI=1S/C26H29BrFN5O2Si/c1-16-23-24(19-8-6-17(27)12-20(19)28)33(26(34)25(23)31(2)30-16)18-7-9-21-22(13-18)32(14-29-21)15-35-10-11-36(3,4)5/h6-9,12-14,24H,10-11,15H2,1-5H3. The highest BCUT2D eigenvalue weighted by Gasteiger charge is 2.44. The van der Waals surface area contributed by atoms with Crippen molar-refractivity contribution in [1.82, 2.24) is 19.3 Å². The van der Waals surface area contributed by atoms with E-state index in [4.69, 9.17) is 4.74 Å². The van der Waals surface area contributed by atoms with Gasteiger partial charge in [-0.2, -0.15) is 5.10 Å². The second-order valence-electron chi connectivity index (χ2n) is 10.5. The molecule has 0 bridgehead atoms. The van der Waals surface area contributed by atoms with Crippen LogP contribution in [0.3, 0.4) is 0 Å². The molecule has 1 unspecified atom stereocenters. The minimum atomic E-state index is -1.18. The van der Waals surface area contributed by atoms with Crippen molar-refractivity contribution in [1.29, 1.82) is 0 Å². The fourth-order valence-corrected chi connectivity index (χ4v) is 5.83. The summed E-state index contributed by atoms with van der Waals surface area (Å²) in [4.78, 5) is 19.9. The number of ether oxygens (including phenoxy) is 1. The molecule has 0 saturated carbocycles. The van der Waals surface area contributed by atoms with Crippen LogP contribution in [0.4, 0.5) is 10.1 Å². The van der Waals surface area contributed by atoms with Crippen LogP contribution >= 0.6 is 15.9 Å². The second-order valence-corrected chi connectivity index (χ2v) is 17.0. The van der Waals surface area contributed by atoms with Crippen LogP contribution in [0.5, 0.6) is 0 Å². The van der Waals surface area contributed by atoms with E-state index in [1.165, 1.54) is 6.07 Å². The van der Waals surface area contributed by atoms with Crippen LogP contribution in [0, 0.1) is 12.7 Å². The highest BCUT2D eigenvalue weighted by atomic mass is 79.9. The number of rotatable bonds is 7. The molecule has 1 amide bonds. The fraction of sp³-hybridized carbons (Fsp3) is 0.346. The number of fused-ring (bicyclic) bond motifs is 2. The lowest BCUT2D eigenvalue weighted by Gasteiger charge is -2.27. The number of nitrogens with zero attached hydrogens (tertiary/aromatic N) is 5. The molecule has 0 fully saturated rings. The first-order valence-corrected chi connectivity index (χ1v) is 16.4. The molecule has 5 rings (SSSR count). The number of imidazole rings is 1. The zero-order chi connectivity index (χ0) is 25.8. The average molecular weight is 571 g/mol. The molecule has 10 heteroatoms. The summed E-state index contributed by atoms with van der Waals surface area (Å²) in [6.45, 7) is 9.90. The van der Waals surface area contributed by atoms with E-state index in [-0.39, 0.29) is 11.7 Å². The van der Waals surface area contributed by atoms with Gasteiger partial charge in [-0.15, -0.1) is 0 Å². The van der Waals surface area contributed by atoms with Gasteiger partial charge in [0.05, 0.1) is 29.1 Å². The molecule has 2 aromatic heterocycles. The molecule has 1 aliphatic rings. The number of amides is 1. The van der Waals surface area contributed by atoms with Crippen molar-refractivity contribution in [2.75, 3.05) is 11.5 Å². The monoisotopic (exact) mass is 569 g/mol. The molecular weight excluding hydrogens is 541 g/mol. The lowest BCUT2D eigenvalue weighted by atomic mass is 9.98. The first kappa shape index (κ1) is 24.9. The van der Waals surface area contributed by atoms with E-state index < -0.39 is 14.1 Å². The second kappa shape index (κ2) is 9.24. The molecule has 2 aromatic carbocycles. The van der Waals surface area contributed by atoms with E-state index in [1.54, 1.807) is 35.1 Å². The third-order valence-corrected chi connectivity index (χ3v) is 8.79.